The van der Waals surface area contributed by atoms with Crippen molar-refractivity contribution in [3.05, 3.63) is 117 Å². The highest BCUT2D eigenvalue weighted by atomic mass is 31.2. The zero-order chi connectivity index (χ0) is 35.6. The Bertz CT molecular complexity index is 2080. The Hall–Kier alpha value is -6.53. The third-order valence-electron chi connectivity index (χ3n) is 6.75. The first-order chi connectivity index (χ1) is 24.9. The van der Waals surface area contributed by atoms with Crippen molar-refractivity contribution in [2.45, 2.75) is 0 Å². The molecule has 5 aromatic rings. The molecule has 3 aromatic carbocycles. The first-order valence-electron chi connectivity index (χ1n) is 15.4. The van der Waals surface area contributed by atoms with Crippen molar-refractivity contribution in [3.8, 4) is 64.4 Å². The van der Waals surface area contributed by atoms with Crippen LogP contribution in [0.3, 0.4) is 0 Å². The van der Waals surface area contributed by atoms with E-state index in [1.54, 1.807) is 30.3 Å². The second kappa shape index (κ2) is 15.8. The maximum absolute atomic E-state index is 15.4. The lowest BCUT2D eigenvalue weighted by molar-refractivity contribution is 0.284. The summed E-state index contributed by atoms with van der Waals surface area (Å²) < 4.78 is 56.2. The Labute approximate surface area is 293 Å². The topological polar surface area (TPSA) is 159 Å². The fourth-order valence-electron chi connectivity index (χ4n) is 4.70. The summed E-state index contributed by atoms with van der Waals surface area (Å²) >= 11 is 0. The first-order valence-corrected chi connectivity index (χ1v) is 17.0. The Morgan fingerprint density at radius 1 is 0.549 bits per heavy atom. The summed E-state index contributed by atoms with van der Waals surface area (Å²) in [7, 11) is -3.99. The largest absolute Gasteiger partial charge is 0.459 e. The van der Waals surface area contributed by atoms with Crippen molar-refractivity contribution in [2.75, 3.05) is 26.4 Å². The van der Waals surface area contributed by atoms with Crippen LogP contribution < -0.4 is 43.6 Å². The van der Waals surface area contributed by atoms with Gasteiger partial charge in [0.25, 0.3) is 0 Å². The van der Waals surface area contributed by atoms with Crippen molar-refractivity contribution in [1.82, 2.24) is 29.9 Å². The van der Waals surface area contributed by atoms with Crippen LogP contribution in [0.2, 0.25) is 0 Å². The monoisotopic (exact) mass is 706 g/mol. The summed E-state index contributed by atoms with van der Waals surface area (Å²) in [4.78, 5) is 25.3. The van der Waals surface area contributed by atoms with Crippen LogP contribution >= 0.6 is 7.37 Å². The molecule has 6 rings (SSSR count). The van der Waals surface area contributed by atoms with Crippen LogP contribution in [-0.4, -0.2) is 56.3 Å². The number of aromatic nitrogens is 6. The fraction of sp³-hybridized carbons (Fsp3) is 0.111. The Balaban J connectivity index is 1.47. The number of benzene rings is 3. The van der Waals surface area contributed by atoms with Gasteiger partial charge >= 0.3 is 43.4 Å². The van der Waals surface area contributed by atoms with Gasteiger partial charge in [-0.15, -0.1) is 29.9 Å². The number of nitrogens with zero attached hydrogens (tertiary/aromatic N) is 6. The van der Waals surface area contributed by atoms with Crippen molar-refractivity contribution < 1.29 is 37.5 Å². The van der Waals surface area contributed by atoms with Gasteiger partial charge in [-0.05, 0) is 35.9 Å². The summed E-state index contributed by atoms with van der Waals surface area (Å²) in [5.74, 6) is 0.669. The van der Waals surface area contributed by atoms with E-state index in [1.807, 2.05) is 24.3 Å². The van der Waals surface area contributed by atoms with E-state index >= 15 is 4.57 Å². The fourth-order valence-corrected chi connectivity index (χ4v) is 7.09. The van der Waals surface area contributed by atoms with Gasteiger partial charge in [0, 0.05) is 5.56 Å². The molecule has 2 aromatic heterocycles. The van der Waals surface area contributed by atoms with E-state index in [4.69, 9.17) is 32.9 Å². The predicted octanol–water partition coefficient (Wildman–Crippen LogP) is 6.19. The Morgan fingerprint density at radius 2 is 1.02 bits per heavy atom. The number of rotatable bonds is 17. The molecule has 1 aliphatic heterocycles. The van der Waals surface area contributed by atoms with Gasteiger partial charge in [0.15, 0.2) is 0 Å². The summed E-state index contributed by atoms with van der Waals surface area (Å²) in [5, 5.41) is 0.552. The van der Waals surface area contributed by atoms with Crippen LogP contribution in [0.15, 0.2) is 117 Å². The summed E-state index contributed by atoms with van der Waals surface area (Å²) in [6.45, 7) is 15.1. The SMILES string of the molecule is C=CCOc1nc(OCC=C)nc(Oc2ccc(Oc3nc(OCC=C)nc(OCC=C)n3)c(P3(=O)Oc4ccccc4-c4ccccc43)c2)n1. The van der Waals surface area contributed by atoms with Gasteiger partial charge in [-0.2, -0.15) is 0 Å². The molecule has 0 N–H and O–H groups in total. The minimum absolute atomic E-state index is 0.0631. The molecule has 15 heteroatoms. The summed E-state index contributed by atoms with van der Waals surface area (Å²) in [6, 6.07) is 18.5. The van der Waals surface area contributed by atoms with E-state index < -0.39 is 7.37 Å². The lowest BCUT2D eigenvalue weighted by atomic mass is 10.0. The van der Waals surface area contributed by atoms with Crippen LogP contribution in [0, 0.1) is 0 Å². The Morgan fingerprint density at radius 3 is 1.57 bits per heavy atom. The molecule has 1 atom stereocenters. The number of hydrogen-bond acceptors (Lipinski definition) is 14. The Kier molecular flexibility index (Phi) is 10.6. The van der Waals surface area contributed by atoms with Crippen LogP contribution in [0.1, 0.15) is 0 Å². The zero-order valence-electron chi connectivity index (χ0n) is 27.2. The minimum Gasteiger partial charge on any atom is -0.459 e. The van der Waals surface area contributed by atoms with Crippen molar-refractivity contribution >= 4 is 18.0 Å². The van der Waals surface area contributed by atoms with E-state index in [2.05, 4.69) is 56.2 Å². The van der Waals surface area contributed by atoms with E-state index in [9.17, 15) is 0 Å². The molecule has 0 radical (unpaired) electrons. The lowest BCUT2D eigenvalue weighted by Gasteiger charge is -2.29. The van der Waals surface area contributed by atoms with Gasteiger partial charge in [0.1, 0.15) is 43.7 Å². The molecule has 0 spiro atoms. The molecular weight excluding hydrogens is 675 g/mol. The molecule has 1 unspecified atom stereocenters. The highest BCUT2D eigenvalue weighted by Gasteiger charge is 2.40. The summed E-state index contributed by atoms with van der Waals surface area (Å²) in [5.41, 5.74) is 1.51. The van der Waals surface area contributed by atoms with Crippen LogP contribution in [0.4, 0.5) is 0 Å². The van der Waals surface area contributed by atoms with Crippen LogP contribution in [-0.2, 0) is 4.57 Å². The third-order valence-corrected chi connectivity index (χ3v) is 9.21. The average Bonchev–Trinajstić information content (AvgIpc) is 3.15. The lowest BCUT2D eigenvalue weighted by Crippen LogP contribution is -2.26. The van der Waals surface area contributed by atoms with E-state index in [-0.39, 0.29) is 79.3 Å². The molecule has 0 aliphatic carbocycles. The molecule has 0 fully saturated rings. The number of fused-ring (bicyclic) bond motifs is 3. The molecule has 0 bridgehead atoms. The van der Waals surface area contributed by atoms with Crippen molar-refractivity contribution in [2.24, 2.45) is 0 Å². The number of hydrogen-bond donors (Lipinski definition) is 0. The molecule has 0 amide bonds. The van der Waals surface area contributed by atoms with Crippen molar-refractivity contribution in [1.29, 1.82) is 0 Å². The average molecular weight is 707 g/mol. The second-order valence-corrected chi connectivity index (χ2v) is 12.5. The van der Waals surface area contributed by atoms with Gasteiger partial charge in [0.05, 0.1) is 10.6 Å². The standard InChI is InChI=1S/C36H31N6O8P/c1-5-19-44-31-37-32(45-20-6-2)40-35(39-31)48-24-17-18-28(49-36-41-33(46-21-7-3)38-34(42-36)47-22-8-4)30(23-24)51(43)29-16-12-10-14-26(29)25-13-9-11-15-27(25)50-51/h5-18,23H,1-4,19-22H2. The molecular formula is C36H31N6O8P. The van der Waals surface area contributed by atoms with Gasteiger partial charge < -0.3 is 32.9 Å². The van der Waals surface area contributed by atoms with E-state index in [0.29, 0.717) is 11.1 Å². The smallest absolute Gasteiger partial charge is 0.331 e. The zero-order valence-corrected chi connectivity index (χ0v) is 28.1. The predicted molar refractivity (Wildman–Crippen MR) is 188 cm³/mol. The van der Waals surface area contributed by atoms with E-state index in [1.165, 1.54) is 36.4 Å². The molecule has 51 heavy (non-hydrogen) atoms. The van der Waals surface area contributed by atoms with Crippen LogP contribution in [0.5, 0.6) is 53.3 Å². The van der Waals surface area contributed by atoms with Gasteiger partial charge in [0.2, 0.25) is 0 Å². The van der Waals surface area contributed by atoms with Gasteiger partial charge in [-0.3, -0.25) is 4.57 Å². The third kappa shape index (κ3) is 7.87. The quantitative estimate of drug-likeness (QED) is 0.0796. The first kappa shape index (κ1) is 34.3. The molecule has 0 saturated carbocycles. The van der Waals surface area contributed by atoms with Crippen LogP contribution in [0.25, 0.3) is 11.1 Å². The molecule has 1 aliphatic rings. The van der Waals surface area contributed by atoms with E-state index in [0.717, 1.165) is 11.1 Å². The summed E-state index contributed by atoms with van der Waals surface area (Å²) in [6.07, 6.45) is 6.13. The van der Waals surface area contributed by atoms with Gasteiger partial charge in [-0.1, -0.05) is 87.0 Å². The van der Waals surface area contributed by atoms with Gasteiger partial charge in [-0.25, -0.2) is 0 Å². The number of ether oxygens (including phenoxy) is 6. The molecule has 0 saturated heterocycles. The molecule has 14 nitrogen and oxygen atoms in total. The normalized spacial score (nSPS) is 14.0. The highest BCUT2D eigenvalue weighted by Crippen LogP contribution is 2.55. The second-order valence-electron chi connectivity index (χ2n) is 10.3. The highest BCUT2D eigenvalue weighted by molar-refractivity contribution is 7.75. The molecule has 3 heterocycles. The maximum atomic E-state index is 15.4. The number of para-hydroxylation sites is 1. The maximum Gasteiger partial charge on any atom is 0.331 e. The molecule has 258 valence electrons. The minimum atomic E-state index is -3.99. The van der Waals surface area contributed by atoms with Crippen molar-refractivity contribution in [3.63, 3.8) is 0 Å².